The lowest BCUT2D eigenvalue weighted by atomic mass is 9.80. The minimum atomic E-state index is -2.52. The summed E-state index contributed by atoms with van der Waals surface area (Å²) < 4.78 is 78.6. The van der Waals surface area contributed by atoms with E-state index in [0.717, 1.165) is 22.3 Å². The van der Waals surface area contributed by atoms with Gasteiger partial charge in [-0.2, -0.15) is 0 Å². The predicted molar refractivity (Wildman–Crippen MR) is 322 cm³/mol. The number of amides is 2. The first-order valence-corrected chi connectivity index (χ1v) is 33.2. The summed E-state index contributed by atoms with van der Waals surface area (Å²) in [7, 11) is -2.52. The zero-order chi connectivity index (χ0) is 61.8. The molecule has 1 aliphatic carbocycles. The standard InChI is InChI=1S/C66H88N2O18Si/c1-40-34-47(68-65(74)78-37-45-29-18-11-19-30-45)55(83-61-42(3)53(71)56-49(81-61)38-76-62(84-56)46-31-21-12-22-32-46)58(51(40)69)86-63-59(75-33-23-13-20-26-43-24-14-9-15-25-43)57(50(82-63)39-79-87(7,8)66(4,5)6)85-60-41(2)52(70)54(72)48(80-60)35-67-64(73)77-36-44-27-16-10-17-28-44/h9-32,40-42,47-63,69-72H,33-39H2,1-8H3,(H,67,73)(H,68,74)/t40-,41-,42-,47+,48+,49-,50-,51+,52-,53-,54-,55-,56-,57-,58-,59-,60-,61-,62?,63+/m1/s1. The van der Waals surface area contributed by atoms with Crippen molar-refractivity contribution in [2.75, 3.05) is 26.4 Å². The number of rotatable bonds is 22. The van der Waals surface area contributed by atoms with E-state index in [0.29, 0.717) is 0 Å². The fourth-order valence-electron chi connectivity index (χ4n) is 11.1. The minimum absolute atomic E-state index is 0.00682. The lowest BCUT2D eigenvalue weighted by molar-refractivity contribution is -0.366. The lowest BCUT2D eigenvalue weighted by Crippen LogP contribution is -2.65. The molecular formula is C66H88N2O18Si. The molecule has 87 heavy (non-hydrogen) atoms. The normalized spacial score (nSPS) is 33.9. The minimum Gasteiger partial charge on any atom is -0.445 e. The third kappa shape index (κ3) is 17.1. The molecule has 20 nitrogen and oxygen atoms in total. The van der Waals surface area contributed by atoms with Crippen molar-refractivity contribution < 1.29 is 86.5 Å². The van der Waals surface area contributed by atoms with E-state index in [1.54, 1.807) is 13.8 Å². The second kappa shape index (κ2) is 30.4. The number of allylic oxidation sites excluding steroid dienone is 2. The topological polar surface area (TPSA) is 250 Å². The molecule has 0 aromatic heterocycles. The Hall–Kier alpha value is -5.44. The van der Waals surface area contributed by atoms with Crippen LogP contribution in [-0.4, -0.2) is 165 Å². The molecule has 2 amide bonds. The van der Waals surface area contributed by atoms with Gasteiger partial charge in [-0.15, -0.1) is 0 Å². The molecule has 4 aliphatic heterocycles. The van der Waals surface area contributed by atoms with Crippen LogP contribution in [0.1, 0.15) is 76.5 Å². The summed E-state index contributed by atoms with van der Waals surface area (Å²) in [5.74, 6) is -2.07. The van der Waals surface area contributed by atoms with E-state index in [9.17, 15) is 30.0 Å². The number of carbonyl (C=O) groups excluding carboxylic acids is 2. The van der Waals surface area contributed by atoms with Crippen LogP contribution >= 0.6 is 0 Å². The SMILES string of the molecule is C[C@H]1[C@@H](O[C@H]2[C@@H](OCC=CC=Cc3ccccc3)[C@H](O[C@@H]3[C@@H](O)[C@H](C)C[C@H](NC(=O)OCc4ccccc4)[C@H]3O[C@H]3O[C@@H]4COC(c5ccccc5)O[C@H]4[C@H](O)[C@H]3C)O[C@@H]2CO[Si](C)(C)C(C)(C)C)O[C@@H](CNC(=O)OCc2ccccc2)[C@@H](O)[C@@H]1O. The largest absolute Gasteiger partial charge is 0.445 e. The highest BCUT2D eigenvalue weighted by molar-refractivity contribution is 6.74. The number of carbonyl (C=O) groups is 2. The molecule has 0 bridgehead atoms. The van der Waals surface area contributed by atoms with Gasteiger partial charge < -0.3 is 87.6 Å². The van der Waals surface area contributed by atoms with E-state index in [4.69, 9.17) is 56.5 Å². The van der Waals surface area contributed by atoms with Gasteiger partial charge in [0, 0.05) is 23.9 Å². The smallest absolute Gasteiger partial charge is 0.407 e. The Morgan fingerprint density at radius 1 is 0.632 bits per heavy atom. The maximum absolute atomic E-state index is 13.9. The molecule has 9 rings (SSSR count). The molecule has 20 atom stereocenters. The Morgan fingerprint density at radius 2 is 1.21 bits per heavy atom. The molecule has 6 N–H and O–H groups in total. The van der Waals surface area contributed by atoms with E-state index >= 15 is 0 Å². The summed E-state index contributed by atoms with van der Waals surface area (Å²) >= 11 is 0. The van der Waals surface area contributed by atoms with Gasteiger partial charge in [0.2, 0.25) is 0 Å². The van der Waals surface area contributed by atoms with E-state index in [-0.39, 0.29) is 51.0 Å². The second-order valence-corrected chi connectivity index (χ2v) is 29.6. The van der Waals surface area contributed by atoms with Crippen LogP contribution in [0.2, 0.25) is 18.1 Å². The van der Waals surface area contributed by atoms with E-state index in [1.807, 2.05) is 153 Å². The van der Waals surface area contributed by atoms with Gasteiger partial charge in [0.15, 0.2) is 33.5 Å². The summed E-state index contributed by atoms with van der Waals surface area (Å²) in [5, 5.41) is 53.1. The molecule has 4 heterocycles. The van der Waals surface area contributed by atoms with Crippen LogP contribution in [0.25, 0.3) is 6.08 Å². The zero-order valence-electron chi connectivity index (χ0n) is 50.9. The Kier molecular flexibility index (Phi) is 23.0. The molecule has 474 valence electrons. The second-order valence-electron chi connectivity index (χ2n) is 24.8. The Labute approximate surface area is 511 Å². The predicted octanol–water partition coefficient (Wildman–Crippen LogP) is 8.08. The number of ether oxygens (including phenoxy) is 11. The Balaban J connectivity index is 1.02. The van der Waals surface area contributed by atoms with E-state index in [2.05, 4.69) is 44.5 Å². The van der Waals surface area contributed by atoms with Crippen LogP contribution in [0.5, 0.6) is 0 Å². The van der Waals surface area contributed by atoms with E-state index in [1.165, 1.54) is 0 Å². The summed E-state index contributed by atoms with van der Waals surface area (Å²) in [5.41, 5.74) is 3.34. The monoisotopic (exact) mass is 1220 g/mol. The summed E-state index contributed by atoms with van der Waals surface area (Å²) in [6, 6.07) is 36.8. The van der Waals surface area contributed by atoms with Crippen LogP contribution in [-0.2, 0) is 69.7 Å². The fraction of sp³-hybridized carbons (Fsp3) is 0.545. The van der Waals surface area contributed by atoms with E-state index < -0.39 is 143 Å². The van der Waals surface area contributed by atoms with Crippen LogP contribution < -0.4 is 10.6 Å². The van der Waals surface area contributed by atoms with Crippen molar-refractivity contribution in [1.29, 1.82) is 0 Å². The molecule has 1 saturated carbocycles. The Morgan fingerprint density at radius 3 is 1.86 bits per heavy atom. The molecule has 0 radical (unpaired) electrons. The number of benzene rings is 4. The highest BCUT2D eigenvalue weighted by Crippen LogP contribution is 2.43. The third-order valence-corrected chi connectivity index (χ3v) is 22.0. The first-order chi connectivity index (χ1) is 41.7. The van der Waals surface area contributed by atoms with Crippen molar-refractivity contribution in [3.8, 4) is 0 Å². The highest BCUT2D eigenvalue weighted by atomic mass is 28.4. The van der Waals surface area contributed by atoms with Crippen molar-refractivity contribution in [1.82, 2.24) is 10.6 Å². The number of alkyl carbamates (subject to hydrolysis) is 2. The van der Waals surface area contributed by atoms with Crippen LogP contribution in [0, 0.1) is 17.8 Å². The van der Waals surface area contributed by atoms with Gasteiger partial charge >= 0.3 is 12.2 Å². The van der Waals surface area contributed by atoms with Crippen molar-refractivity contribution >= 4 is 26.6 Å². The molecule has 4 saturated heterocycles. The van der Waals surface area contributed by atoms with Crippen LogP contribution in [0.3, 0.4) is 0 Å². The maximum Gasteiger partial charge on any atom is 0.407 e. The number of hydrogen-bond donors (Lipinski definition) is 6. The fourth-order valence-corrected chi connectivity index (χ4v) is 12.1. The Bertz CT molecular complexity index is 2820. The zero-order valence-corrected chi connectivity index (χ0v) is 51.9. The number of hydrogen-bond acceptors (Lipinski definition) is 18. The summed E-state index contributed by atoms with van der Waals surface area (Å²) in [6.07, 6.45) is -11.7. The average molecular weight is 1230 g/mol. The average Bonchev–Trinajstić information content (AvgIpc) is 1.93. The third-order valence-electron chi connectivity index (χ3n) is 17.5. The van der Waals surface area contributed by atoms with Gasteiger partial charge in [-0.3, -0.25) is 0 Å². The molecule has 21 heteroatoms. The number of nitrogens with one attached hydrogen (secondary N) is 2. The molecular weight excluding hydrogens is 1140 g/mol. The van der Waals surface area contributed by atoms with Gasteiger partial charge in [0.05, 0.1) is 44.2 Å². The van der Waals surface area contributed by atoms with Crippen molar-refractivity contribution in [2.45, 2.75) is 184 Å². The van der Waals surface area contributed by atoms with Gasteiger partial charge in [-0.25, -0.2) is 9.59 Å². The first kappa shape index (κ1) is 66.0. The number of fused-ring (bicyclic) bond motifs is 1. The van der Waals surface area contributed by atoms with Crippen LogP contribution in [0.15, 0.2) is 140 Å². The van der Waals surface area contributed by atoms with Gasteiger partial charge in [-0.05, 0) is 47.2 Å². The van der Waals surface area contributed by atoms with Crippen molar-refractivity contribution in [2.24, 2.45) is 17.8 Å². The van der Waals surface area contributed by atoms with Gasteiger partial charge in [0.25, 0.3) is 0 Å². The highest BCUT2D eigenvalue weighted by Gasteiger charge is 2.57. The number of aliphatic hydroxyl groups excluding tert-OH is 4. The molecule has 5 aliphatic rings. The first-order valence-electron chi connectivity index (χ1n) is 30.3. The lowest BCUT2D eigenvalue weighted by Gasteiger charge is -2.50. The van der Waals surface area contributed by atoms with Crippen molar-refractivity contribution in [3.05, 3.63) is 162 Å². The molecule has 0 spiro atoms. The molecule has 1 unspecified atom stereocenters. The molecule has 5 fully saturated rings. The summed E-state index contributed by atoms with van der Waals surface area (Å²) in [4.78, 5) is 26.9. The molecule has 4 aromatic carbocycles. The van der Waals surface area contributed by atoms with Gasteiger partial charge in [0.1, 0.15) is 68.1 Å². The molecule has 4 aromatic rings. The van der Waals surface area contributed by atoms with Gasteiger partial charge in [-0.1, -0.05) is 187 Å². The maximum atomic E-state index is 13.9. The van der Waals surface area contributed by atoms with Crippen molar-refractivity contribution in [3.63, 3.8) is 0 Å². The van der Waals surface area contributed by atoms with Crippen LogP contribution in [0.4, 0.5) is 9.59 Å². The number of aliphatic hydroxyl groups is 4. The summed E-state index contributed by atoms with van der Waals surface area (Å²) in [6.45, 7) is 15.7. The quantitative estimate of drug-likeness (QED) is 0.0321.